The summed E-state index contributed by atoms with van der Waals surface area (Å²) in [5.41, 5.74) is 1.33. The molecule has 1 aromatic heterocycles. The van der Waals surface area contributed by atoms with Gasteiger partial charge in [0.25, 0.3) is 5.56 Å². The molecule has 0 bridgehead atoms. The van der Waals surface area contributed by atoms with Crippen molar-refractivity contribution in [1.29, 1.82) is 0 Å². The molecular weight excluding hydrogens is 198 g/mol. The Labute approximate surface area is 95.3 Å². The summed E-state index contributed by atoms with van der Waals surface area (Å²) in [5, 5.41) is 1.78. The molecule has 1 aromatic carbocycles. The first kappa shape index (κ1) is 10.9. The van der Waals surface area contributed by atoms with Gasteiger partial charge in [0.05, 0.1) is 0 Å². The van der Waals surface area contributed by atoms with Crippen molar-refractivity contribution in [1.82, 2.24) is 4.98 Å². The first-order valence-corrected chi connectivity index (χ1v) is 5.66. The molecule has 2 rings (SSSR count). The van der Waals surface area contributed by atoms with E-state index in [4.69, 9.17) is 0 Å². The van der Waals surface area contributed by atoms with Crippen LogP contribution in [0.25, 0.3) is 10.8 Å². The molecule has 0 unspecified atom stereocenters. The highest BCUT2D eigenvalue weighted by Crippen LogP contribution is 2.28. The van der Waals surface area contributed by atoms with E-state index in [9.17, 15) is 4.79 Å². The summed E-state index contributed by atoms with van der Waals surface area (Å²) < 4.78 is 0. The number of rotatable bonds is 2. The van der Waals surface area contributed by atoms with E-state index in [1.807, 2.05) is 18.2 Å². The molecule has 0 fully saturated rings. The highest BCUT2D eigenvalue weighted by atomic mass is 16.1. The number of fused-ring (bicyclic) bond motifs is 1. The van der Waals surface area contributed by atoms with E-state index in [-0.39, 0.29) is 11.0 Å². The first-order valence-electron chi connectivity index (χ1n) is 5.66. The summed E-state index contributed by atoms with van der Waals surface area (Å²) in [6.07, 6.45) is 2.75. The number of H-pyrrole nitrogens is 1. The van der Waals surface area contributed by atoms with Crippen LogP contribution in [0.3, 0.4) is 0 Å². The number of aromatic nitrogens is 1. The molecule has 1 heterocycles. The van der Waals surface area contributed by atoms with Crippen molar-refractivity contribution in [3.8, 4) is 0 Å². The lowest BCUT2D eigenvalue weighted by molar-refractivity contribution is 0.507. The van der Waals surface area contributed by atoms with E-state index >= 15 is 0 Å². The topological polar surface area (TPSA) is 32.9 Å². The lowest BCUT2D eigenvalue weighted by Gasteiger charge is -2.23. The van der Waals surface area contributed by atoms with Crippen molar-refractivity contribution in [2.45, 2.75) is 32.6 Å². The molecule has 16 heavy (non-hydrogen) atoms. The molecule has 0 aliphatic rings. The van der Waals surface area contributed by atoms with Crippen molar-refractivity contribution in [3.05, 3.63) is 46.4 Å². The molecule has 2 aromatic rings. The number of nitrogens with one attached hydrogen (secondary N) is 1. The normalized spacial score (nSPS) is 11.9. The number of benzene rings is 1. The average molecular weight is 215 g/mol. The molecule has 0 atom stereocenters. The molecular formula is C14H17NO. The Hall–Kier alpha value is -1.57. The van der Waals surface area contributed by atoms with Crippen LogP contribution in [0.2, 0.25) is 0 Å². The summed E-state index contributed by atoms with van der Waals surface area (Å²) in [4.78, 5) is 14.4. The van der Waals surface area contributed by atoms with Crippen LogP contribution in [-0.4, -0.2) is 4.98 Å². The predicted molar refractivity (Wildman–Crippen MR) is 67.9 cm³/mol. The standard InChI is InChI=1S/C14H17NO/c1-4-14(2,3)11-6-5-10-7-8-15-13(16)12(10)9-11/h5-9H,4H2,1-3H3,(H,15,16). The summed E-state index contributed by atoms with van der Waals surface area (Å²) in [6, 6.07) is 8.08. The number of aromatic amines is 1. The van der Waals surface area contributed by atoms with Gasteiger partial charge in [-0.1, -0.05) is 32.9 Å². The Morgan fingerprint density at radius 1 is 1.25 bits per heavy atom. The first-order chi connectivity index (χ1) is 7.54. The minimum absolute atomic E-state index is 0.00810. The van der Waals surface area contributed by atoms with Crippen LogP contribution >= 0.6 is 0 Å². The monoisotopic (exact) mass is 215 g/mol. The van der Waals surface area contributed by atoms with Gasteiger partial charge in [-0.2, -0.15) is 0 Å². The lowest BCUT2D eigenvalue weighted by Crippen LogP contribution is -2.16. The van der Waals surface area contributed by atoms with Gasteiger partial charge in [-0.25, -0.2) is 0 Å². The van der Waals surface area contributed by atoms with Crippen LogP contribution in [0.5, 0.6) is 0 Å². The van der Waals surface area contributed by atoms with Crippen molar-refractivity contribution >= 4 is 10.8 Å². The summed E-state index contributed by atoms with van der Waals surface area (Å²) in [6.45, 7) is 6.57. The van der Waals surface area contributed by atoms with E-state index < -0.39 is 0 Å². The zero-order valence-electron chi connectivity index (χ0n) is 10.0. The Kier molecular flexibility index (Phi) is 2.58. The Bertz CT molecular complexity index is 566. The van der Waals surface area contributed by atoms with Gasteiger partial charge in [0.15, 0.2) is 0 Å². The van der Waals surface area contributed by atoms with E-state index in [1.165, 1.54) is 5.56 Å². The fourth-order valence-electron chi connectivity index (χ4n) is 1.81. The smallest absolute Gasteiger partial charge is 0.255 e. The van der Waals surface area contributed by atoms with Gasteiger partial charge in [-0.3, -0.25) is 4.79 Å². The van der Waals surface area contributed by atoms with Gasteiger partial charge in [0, 0.05) is 11.6 Å². The quantitative estimate of drug-likeness (QED) is 0.819. The number of hydrogen-bond donors (Lipinski definition) is 1. The summed E-state index contributed by atoms with van der Waals surface area (Å²) >= 11 is 0. The highest BCUT2D eigenvalue weighted by molar-refractivity contribution is 5.82. The third-order valence-corrected chi connectivity index (χ3v) is 3.44. The maximum Gasteiger partial charge on any atom is 0.255 e. The average Bonchev–Trinajstić information content (AvgIpc) is 2.29. The lowest BCUT2D eigenvalue weighted by atomic mass is 9.81. The summed E-state index contributed by atoms with van der Waals surface area (Å²) in [7, 11) is 0. The fourth-order valence-corrected chi connectivity index (χ4v) is 1.81. The van der Waals surface area contributed by atoms with Crippen LogP contribution in [0.4, 0.5) is 0 Å². The second-order valence-corrected chi connectivity index (χ2v) is 4.85. The van der Waals surface area contributed by atoms with Gasteiger partial charge in [-0.15, -0.1) is 0 Å². The zero-order chi connectivity index (χ0) is 11.8. The predicted octanol–water partition coefficient (Wildman–Crippen LogP) is 3.22. The van der Waals surface area contributed by atoms with Crippen molar-refractivity contribution < 1.29 is 0 Å². The van der Waals surface area contributed by atoms with E-state index in [0.717, 1.165) is 17.2 Å². The largest absolute Gasteiger partial charge is 0.329 e. The van der Waals surface area contributed by atoms with Crippen molar-refractivity contribution in [2.24, 2.45) is 0 Å². The maximum atomic E-state index is 11.7. The van der Waals surface area contributed by atoms with Gasteiger partial charge >= 0.3 is 0 Å². The second kappa shape index (κ2) is 3.78. The molecule has 2 nitrogen and oxygen atoms in total. The maximum absolute atomic E-state index is 11.7. The number of pyridine rings is 1. The molecule has 0 saturated carbocycles. The molecule has 0 radical (unpaired) electrons. The Morgan fingerprint density at radius 3 is 2.69 bits per heavy atom. The van der Waals surface area contributed by atoms with Crippen molar-refractivity contribution in [2.75, 3.05) is 0 Å². The van der Waals surface area contributed by atoms with Crippen molar-refractivity contribution in [3.63, 3.8) is 0 Å². The molecule has 1 N–H and O–H groups in total. The van der Waals surface area contributed by atoms with Crippen LogP contribution in [0, 0.1) is 0 Å². The Morgan fingerprint density at radius 2 is 2.00 bits per heavy atom. The Balaban J connectivity index is 2.69. The molecule has 0 spiro atoms. The molecule has 84 valence electrons. The molecule has 0 aliphatic heterocycles. The highest BCUT2D eigenvalue weighted by Gasteiger charge is 2.18. The zero-order valence-corrected chi connectivity index (χ0v) is 10.0. The van der Waals surface area contributed by atoms with Gasteiger partial charge in [0.2, 0.25) is 0 Å². The molecule has 0 saturated heterocycles. The molecule has 0 amide bonds. The minimum atomic E-state index is -0.00810. The third-order valence-electron chi connectivity index (χ3n) is 3.44. The van der Waals surface area contributed by atoms with E-state index in [1.54, 1.807) is 6.20 Å². The van der Waals surface area contributed by atoms with E-state index in [2.05, 4.69) is 31.8 Å². The molecule has 2 heteroatoms. The van der Waals surface area contributed by atoms with E-state index in [0.29, 0.717) is 0 Å². The van der Waals surface area contributed by atoms with Crippen LogP contribution in [-0.2, 0) is 5.41 Å². The summed E-state index contributed by atoms with van der Waals surface area (Å²) in [5.74, 6) is 0. The van der Waals surface area contributed by atoms with Crippen LogP contribution < -0.4 is 5.56 Å². The fraction of sp³-hybridized carbons (Fsp3) is 0.357. The third kappa shape index (κ3) is 1.75. The second-order valence-electron chi connectivity index (χ2n) is 4.85. The van der Waals surface area contributed by atoms with Crippen LogP contribution in [0.15, 0.2) is 35.3 Å². The SMILES string of the molecule is CCC(C)(C)c1ccc2cc[nH]c(=O)c2c1. The molecule has 0 aliphatic carbocycles. The minimum Gasteiger partial charge on any atom is -0.329 e. The van der Waals surface area contributed by atoms with Gasteiger partial charge in [-0.05, 0) is 34.9 Å². The van der Waals surface area contributed by atoms with Crippen LogP contribution in [0.1, 0.15) is 32.8 Å². The van der Waals surface area contributed by atoms with Gasteiger partial charge < -0.3 is 4.98 Å². The van der Waals surface area contributed by atoms with Gasteiger partial charge in [0.1, 0.15) is 0 Å². The number of hydrogen-bond acceptors (Lipinski definition) is 1.